The number of Topliss-reactive ketones (excluding diaryl/α,β-unsaturated/α-hetero) is 1. The van der Waals surface area contributed by atoms with Gasteiger partial charge in [0.1, 0.15) is 0 Å². The van der Waals surface area contributed by atoms with E-state index in [4.69, 9.17) is 40.2 Å². The molecule has 1 heterocycles. The van der Waals surface area contributed by atoms with Crippen molar-refractivity contribution in [2.75, 3.05) is 7.11 Å². The second-order valence-electron chi connectivity index (χ2n) is 5.19. The lowest BCUT2D eigenvalue weighted by molar-refractivity contribution is -0.152. The molecule has 2 N–H and O–H groups in total. The van der Waals surface area contributed by atoms with Gasteiger partial charge in [-0.05, 0) is 30.4 Å². The van der Waals surface area contributed by atoms with Crippen LogP contribution in [0.4, 0.5) is 0 Å². The molecule has 1 amide bonds. The highest BCUT2D eigenvalue weighted by atomic mass is 35.5. The third-order valence-corrected chi connectivity index (χ3v) is 4.44. The first-order valence-electron chi connectivity index (χ1n) is 6.84. The molecule has 1 aromatic carbocycles. The van der Waals surface area contributed by atoms with Crippen molar-refractivity contribution in [3.05, 3.63) is 33.8 Å². The molecule has 2 unspecified atom stereocenters. The van der Waals surface area contributed by atoms with Crippen molar-refractivity contribution in [3.8, 4) is 6.07 Å². The minimum absolute atomic E-state index is 0.0489. The SMILES string of the molecule is COC(=O)C1(CC(=O)c2cc(Cl)ccc2Cl)NC(=S)NC(=O)C1C#N. The number of methoxy groups -OCH3 is 1. The number of ketones is 1. The molecule has 0 spiro atoms. The third kappa shape index (κ3) is 3.58. The number of halogens is 2. The lowest BCUT2D eigenvalue weighted by Crippen LogP contribution is -2.70. The van der Waals surface area contributed by atoms with Crippen molar-refractivity contribution in [3.63, 3.8) is 0 Å². The quantitative estimate of drug-likeness (QED) is 0.449. The number of hydrogen-bond donors (Lipinski definition) is 2. The molecular weight excluding hydrogens is 389 g/mol. The zero-order valence-electron chi connectivity index (χ0n) is 12.8. The number of nitrogens with one attached hydrogen (secondary N) is 2. The van der Waals surface area contributed by atoms with Crippen molar-refractivity contribution in [1.29, 1.82) is 5.26 Å². The van der Waals surface area contributed by atoms with Crippen LogP contribution in [-0.4, -0.2) is 35.4 Å². The highest BCUT2D eigenvalue weighted by molar-refractivity contribution is 7.80. The van der Waals surface area contributed by atoms with Crippen molar-refractivity contribution >= 4 is 58.2 Å². The van der Waals surface area contributed by atoms with Gasteiger partial charge < -0.3 is 15.4 Å². The summed E-state index contributed by atoms with van der Waals surface area (Å²) >= 11 is 16.8. The van der Waals surface area contributed by atoms with Crippen LogP contribution in [0.3, 0.4) is 0 Å². The minimum Gasteiger partial charge on any atom is -0.467 e. The number of ether oxygens (including phenoxy) is 1. The number of amides is 1. The molecule has 2 atom stereocenters. The summed E-state index contributed by atoms with van der Waals surface area (Å²) in [4.78, 5) is 37.2. The molecular formula is C15H11Cl2N3O4S. The van der Waals surface area contributed by atoms with Crippen LogP contribution in [-0.2, 0) is 14.3 Å². The normalized spacial score (nSPS) is 22.4. The average molecular weight is 400 g/mol. The summed E-state index contributed by atoms with van der Waals surface area (Å²) in [5, 5.41) is 14.3. The number of esters is 1. The van der Waals surface area contributed by atoms with E-state index in [9.17, 15) is 19.6 Å². The summed E-state index contributed by atoms with van der Waals surface area (Å²) in [5.41, 5.74) is -1.92. The predicted molar refractivity (Wildman–Crippen MR) is 93.1 cm³/mol. The monoisotopic (exact) mass is 399 g/mol. The molecule has 0 saturated carbocycles. The number of carbonyl (C=O) groups excluding carboxylic acids is 3. The van der Waals surface area contributed by atoms with Gasteiger partial charge in [0.25, 0.3) is 0 Å². The van der Waals surface area contributed by atoms with Crippen LogP contribution in [0.15, 0.2) is 18.2 Å². The molecule has 7 nitrogen and oxygen atoms in total. The smallest absolute Gasteiger partial charge is 0.334 e. The van der Waals surface area contributed by atoms with Gasteiger partial charge in [-0.15, -0.1) is 0 Å². The van der Waals surface area contributed by atoms with E-state index in [1.165, 1.54) is 18.2 Å². The van der Waals surface area contributed by atoms with Crippen molar-refractivity contribution in [2.45, 2.75) is 12.0 Å². The van der Waals surface area contributed by atoms with Crippen LogP contribution in [0.25, 0.3) is 0 Å². The van der Waals surface area contributed by atoms with Gasteiger partial charge in [0.2, 0.25) is 5.91 Å². The van der Waals surface area contributed by atoms with E-state index in [0.29, 0.717) is 0 Å². The Morgan fingerprint density at radius 3 is 2.72 bits per heavy atom. The molecule has 10 heteroatoms. The molecule has 130 valence electrons. The number of hydrogen-bond acceptors (Lipinski definition) is 6. The predicted octanol–water partition coefficient (Wildman–Crippen LogP) is 1.62. The second-order valence-corrected chi connectivity index (χ2v) is 6.44. The number of rotatable bonds is 4. The van der Waals surface area contributed by atoms with Crippen LogP contribution >= 0.6 is 35.4 Å². The van der Waals surface area contributed by atoms with Gasteiger partial charge in [0.05, 0.1) is 18.2 Å². The third-order valence-electron chi connectivity index (χ3n) is 3.68. The molecule has 2 rings (SSSR count). The molecule has 1 aliphatic heterocycles. The fourth-order valence-electron chi connectivity index (χ4n) is 2.51. The maximum Gasteiger partial charge on any atom is 0.334 e. The van der Waals surface area contributed by atoms with Crippen molar-refractivity contribution < 1.29 is 19.1 Å². The molecule has 1 saturated heterocycles. The van der Waals surface area contributed by atoms with Crippen molar-refractivity contribution in [2.24, 2.45) is 5.92 Å². The largest absolute Gasteiger partial charge is 0.467 e. The van der Waals surface area contributed by atoms with E-state index < -0.39 is 35.5 Å². The average Bonchev–Trinajstić information content (AvgIpc) is 2.55. The topological polar surface area (TPSA) is 108 Å². The van der Waals surface area contributed by atoms with E-state index in [1.807, 2.05) is 0 Å². The summed E-state index contributed by atoms with van der Waals surface area (Å²) in [6, 6.07) is 5.97. The Bertz CT molecular complexity index is 823. The Balaban J connectivity index is 2.51. The fraction of sp³-hybridized carbons (Fsp3) is 0.267. The Morgan fingerprint density at radius 2 is 2.12 bits per heavy atom. The summed E-state index contributed by atoms with van der Waals surface area (Å²) < 4.78 is 4.71. The maximum atomic E-state index is 12.7. The molecule has 0 aromatic heterocycles. The highest BCUT2D eigenvalue weighted by Crippen LogP contribution is 2.30. The molecule has 25 heavy (non-hydrogen) atoms. The van der Waals surface area contributed by atoms with E-state index in [-0.39, 0.29) is 20.7 Å². The highest BCUT2D eigenvalue weighted by Gasteiger charge is 2.55. The van der Waals surface area contributed by atoms with E-state index >= 15 is 0 Å². The zero-order chi connectivity index (χ0) is 18.8. The number of carbonyl (C=O) groups is 3. The van der Waals surface area contributed by atoms with Crippen LogP contribution in [0.5, 0.6) is 0 Å². The molecule has 1 fully saturated rings. The zero-order valence-corrected chi connectivity index (χ0v) is 15.1. The Hall–Kier alpha value is -2.21. The summed E-state index contributed by atoms with van der Waals surface area (Å²) in [6.45, 7) is 0. The lowest BCUT2D eigenvalue weighted by Gasteiger charge is -2.38. The number of thiocarbonyl (C=S) groups is 1. The first-order chi connectivity index (χ1) is 11.7. The standard InChI is InChI=1S/C15H11Cl2N3O4S/c1-24-13(23)15(9(6-18)12(22)19-14(25)20-15)5-11(21)8-4-7(16)2-3-10(8)17/h2-4,9H,5H2,1H3,(H2,19,20,22,25). The fourth-order valence-corrected chi connectivity index (χ4v) is 3.19. The molecule has 0 aliphatic carbocycles. The van der Waals surface area contributed by atoms with Gasteiger partial charge in [-0.1, -0.05) is 23.2 Å². The molecule has 1 aliphatic rings. The van der Waals surface area contributed by atoms with Gasteiger partial charge >= 0.3 is 5.97 Å². The van der Waals surface area contributed by atoms with Gasteiger partial charge in [-0.25, -0.2) is 4.79 Å². The molecule has 0 bridgehead atoms. The van der Waals surface area contributed by atoms with Crippen LogP contribution in [0, 0.1) is 17.2 Å². The summed E-state index contributed by atoms with van der Waals surface area (Å²) in [7, 11) is 1.08. The first-order valence-corrected chi connectivity index (χ1v) is 8.01. The minimum atomic E-state index is -1.97. The lowest BCUT2D eigenvalue weighted by atomic mass is 9.77. The van der Waals surface area contributed by atoms with E-state index in [0.717, 1.165) is 7.11 Å². The van der Waals surface area contributed by atoms with E-state index in [1.54, 1.807) is 6.07 Å². The van der Waals surface area contributed by atoms with Crippen LogP contribution < -0.4 is 10.6 Å². The number of benzene rings is 1. The number of nitriles is 1. The molecule has 1 aromatic rings. The number of nitrogens with zero attached hydrogens (tertiary/aromatic N) is 1. The van der Waals surface area contributed by atoms with Gasteiger partial charge in [-0.3, -0.25) is 9.59 Å². The Labute approximate surface area is 158 Å². The van der Waals surface area contributed by atoms with Crippen LogP contribution in [0.1, 0.15) is 16.8 Å². The second kappa shape index (κ2) is 7.35. The summed E-state index contributed by atoms with van der Waals surface area (Å²) in [5.74, 6) is -3.92. The Morgan fingerprint density at radius 1 is 1.44 bits per heavy atom. The van der Waals surface area contributed by atoms with Gasteiger partial charge in [0.15, 0.2) is 22.4 Å². The first kappa shape index (κ1) is 19.1. The van der Waals surface area contributed by atoms with Gasteiger partial charge in [0, 0.05) is 17.0 Å². The maximum absolute atomic E-state index is 12.7. The summed E-state index contributed by atoms with van der Waals surface area (Å²) in [6.07, 6.45) is -0.578. The van der Waals surface area contributed by atoms with Crippen LogP contribution in [0.2, 0.25) is 10.0 Å². The Kier molecular flexibility index (Phi) is 5.62. The van der Waals surface area contributed by atoms with Crippen molar-refractivity contribution in [1.82, 2.24) is 10.6 Å². The van der Waals surface area contributed by atoms with E-state index in [2.05, 4.69) is 10.6 Å². The van der Waals surface area contributed by atoms with Gasteiger partial charge in [-0.2, -0.15) is 5.26 Å². The molecule has 0 radical (unpaired) electrons.